The summed E-state index contributed by atoms with van der Waals surface area (Å²) in [6.07, 6.45) is 4.28. The molecule has 3 heterocycles. The molecule has 6 aromatic carbocycles. The van der Waals surface area contributed by atoms with Gasteiger partial charge in [-0.15, -0.1) is 0 Å². The van der Waals surface area contributed by atoms with Crippen molar-refractivity contribution in [1.82, 2.24) is 9.55 Å². The van der Waals surface area contributed by atoms with Crippen LogP contribution in [0.3, 0.4) is 0 Å². The van der Waals surface area contributed by atoms with E-state index in [4.69, 9.17) is 9.72 Å². The highest BCUT2D eigenvalue weighted by Gasteiger charge is 2.35. The van der Waals surface area contributed by atoms with Crippen molar-refractivity contribution in [2.75, 3.05) is 16.5 Å². The van der Waals surface area contributed by atoms with Gasteiger partial charge in [0.2, 0.25) is 0 Å². The third kappa shape index (κ3) is 8.77. The van der Waals surface area contributed by atoms with Crippen LogP contribution in [0.15, 0.2) is 170 Å². The van der Waals surface area contributed by atoms with E-state index in [9.17, 15) is 0 Å². The van der Waals surface area contributed by atoms with Crippen LogP contribution in [0.2, 0.25) is 0 Å². The van der Waals surface area contributed by atoms with Crippen LogP contribution in [0.25, 0.3) is 27.6 Å². The molecule has 2 aromatic heterocycles. The minimum atomic E-state index is -0.227. The molecule has 0 spiro atoms. The van der Waals surface area contributed by atoms with Crippen LogP contribution in [-0.4, -0.2) is 16.2 Å². The molecular weight excluding hydrogens is 817 g/mol. The molecule has 0 saturated carbocycles. The van der Waals surface area contributed by atoms with Gasteiger partial charge < -0.3 is 14.5 Å². The van der Waals surface area contributed by atoms with Crippen LogP contribution in [0.1, 0.15) is 123 Å². The standard InChI is InChI=1S/C62H68N4O/c1-58(2,3)44-27-30-54-53(36-44)52-29-28-51(39-55(52)66(54)57-37-45(31-32-63-57)59(4,5)6)67-50-26-20-25-48(38-50)64-40-56(60(7,8)9)65(41-64)49-34-46(61(10,11)42-21-16-14-17-22-42)33-47(35-49)62(12,13)43-23-18-15-19-24-43/h14-40H,41H2,1-13H3. The zero-order chi connectivity index (χ0) is 47.7. The van der Waals surface area contributed by atoms with Gasteiger partial charge in [-0.25, -0.2) is 4.98 Å². The summed E-state index contributed by atoms with van der Waals surface area (Å²) >= 11 is 0. The van der Waals surface area contributed by atoms with Crippen molar-refractivity contribution < 1.29 is 4.74 Å². The molecule has 0 N–H and O–H groups in total. The van der Waals surface area contributed by atoms with Gasteiger partial charge in [0, 0.05) is 68.6 Å². The molecule has 1 aliphatic rings. The Hall–Kier alpha value is -6.59. The first-order chi connectivity index (χ1) is 31.6. The Balaban J connectivity index is 1.09. The van der Waals surface area contributed by atoms with E-state index in [1.54, 1.807) is 0 Å². The lowest BCUT2D eigenvalue weighted by Gasteiger charge is -2.35. The van der Waals surface area contributed by atoms with Crippen LogP contribution in [-0.2, 0) is 21.7 Å². The molecule has 1 aliphatic heterocycles. The predicted molar refractivity (Wildman–Crippen MR) is 283 cm³/mol. The summed E-state index contributed by atoms with van der Waals surface area (Å²) in [5.74, 6) is 2.46. The monoisotopic (exact) mass is 885 g/mol. The second kappa shape index (κ2) is 16.6. The molecule has 0 bridgehead atoms. The molecule has 342 valence electrons. The van der Waals surface area contributed by atoms with Crippen LogP contribution < -0.4 is 14.5 Å². The predicted octanol–water partition coefficient (Wildman–Crippen LogP) is 16.4. The summed E-state index contributed by atoms with van der Waals surface area (Å²) in [6.45, 7) is 30.6. The Labute approximate surface area is 399 Å². The Bertz CT molecular complexity index is 3060. The van der Waals surface area contributed by atoms with Crippen molar-refractivity contribution in [3.05, 3.63) is 203 Å². The molecule has 0 fully saturated rings. The van der Waals surface area contributed by atoms with Gasteiger partial charge in [0.1, 0.15) is 17.3 Å². The molecule has 5 heteroatoms. The zero-order valence-electron chi connectivity index (χ0n) is 42.0. The number of hydrogen-bond acceptors (Lipinski definition) is 4. The number of aromatic nitrogens is 2. The number of fused-ring (bicyclic) bond motifs is 3. The minimum Gasteiger partial charge on any atom is -0.457 e. The van der Waals surface area contributed by atoms with Gasteiger partial charge in [-0.05, 0) is 105 Å². The third-order valence-corrected chi connectivity index (χ3v) is 14.1. The van der Waals surface area contributed by atoms with Crippen molar-refractivity contribution in [1.29, 1.82) is 0 Å². The second-order valence-electron chi connectivity index (χ2n) is 22.8. The van der Waals surface area contributed by atoms with Gasteiger partial charge in [0.25, 0.3) is 0 Å². The lowest BCUT2D eigenvalue weighted by Crippen LogP contribution is -2.32. The van der Waals surface area contributed by atoms with Crippen LogP contribution in [0, 0.1) is 5.41 Å². The number of benzene rings is 6. The van der Waals surface area contributed by atoms with E-state index in [0.717, 1.165) is 34.0 Å². The SMILES string of the molecule is CC(C)(C)C1=CN(c2cccc(Oc3ccc4c5cc(C(C)(C)C)ccc5n(-c5cc(C(C)(C)C)ccn5)c4c3)c2)CN1c1cc(C(C)(C)c2ccccc2)cc(C(C)(C)c2ccccc2)c1. The van der Waals surface area contributed by atoms with E-state index >= 15 is 0 Å². The minimum absolute atomic E-state index is 0.0157. The quantitative estimate of drug-likeness (QED) is 0.145. The topological polar surface area (TPSA) is 33.5 Å². The summed E-state index contributed by atoms with van der Waals surface area (Å²) in [7, 11) is 0. The van der Waals surface area contributed by atoms with E-state index in [2.05, 4.69) is 262 Å². The average Bonchev–Trinajstić information content (AvgIpc) is 3.90. The zero-order valence-corrected chi connectivity index (χ0v) is 42.0. The highest BCUT2D eigenvalue weighted by atomic mass is 16.5. The Morgan fingerprint density at radius 1 is 0.433 bits per heavy atom. The molecule has 0 atom stereocenters. The van der Waals surface area contributed by atoms with E-state index in [0.29, 0.717) is 6.67 Å². The van der Waals surface area contributed by atoms with E-state index < -0.39 is 0 Å². The fraction of sp³-hybridized carbons (Fsp3) is 0.306. The van der Waals surface area contributed by atoms with E-state index in [1.165, 1.54) is 55.5 Å². The maximum atomic E-state index is 6.83. The first kappa shape index (κ1) is 45.6. The molecule has 0 aliphatic carbocycles. The summed E-state index contributed by atoms with van der Waals surface area (Å²) in [5, 5.41) is 2.39. The molecule has 0 amide bonds. The van der Waals surface area contributed by atoms with Crippen LogP contribution in [0.5, 0.6) is 11.5 Å². The maximum absolute atomic E-state index is 6.83. The van der Waals surface area contributed by atoms with Crippen molar-refractivity contribution in [3.63, 3.8) is 0 Å². The van der Waals surface area contributed by atoms with Gasteiger partial charge in [-0.3, -0.25) is 4.57 Å². The molecule has 9 rings (SSSR count). The number of allylic oxidation sites excluding steroid dienone is 1. The van der Waals surface area contributed by atoms with E-state index in [-0.39, 0.29) is 27.1 Å². The van der Waals surface area contributed by atoms with E-state index in [1.807, 2.05) is 6.20 Å². The largest absolute Gasteiger partial charge is 0.457 e. The molecule has 0 radical (unpaired) electrons. The van der Waals surface area contributed by atoms with Crippen LogP contribution in [0.4, 0.5) is 11.4 Å². The van der Waals surface area contributed by atoms with Crippen molar-refractivity contribution in [2.45, 2.75) is 112 Å². The molecule has 67 heavy (non-hydrogen) atoms. The van der Waals surface area contributed by atoms with Gasteiger partial charge in [0.05, 0.1) is 17.7 Å². The highest BCUT2D eigenvalue weighted by molar-refractivity contribution is 6.09. The number of rotatable bonds is 9. The van der Waals surface area contributed by atoms with Crippen LogP contribution >= 0.6 is 0 Å². The lowest BCUT2D eigenvalue weighted by atomic mass is 9.73. The summed E-state index contributed by atoms with van der Waals surface area (Å²) in [5.41, 5.74) is 12.8. The van der Waals surface area contributed by atoms with Gasteiger partial charge in [0.15, 0.2) is 0 Å². The highest BCUT2D eigenvalue weighted by Crippen LogP contribution is 2.45. The fourth-order valence-electron chi connectivity index (χ4n) is 9.64. The summed E-state index contributed by atoms with van der Waals surface area (Å²) < 4.78 is 9.13. The molecular formula is C62H68N4O. The first-order valence-corrected chi connectivity index (χ1v) is 24.0. The van der Waals surface area contributed by atoms with Crippen molar-refractivity contribution in [3.8, 4) is 17.3 Å². The third-order valence-electron chi connectivity index (χ3n) is 14.1. The average molecular weight is 885 g/mol. The Morgan fingerprint density at radius 2 is 1.03 bits per heavy atom. The number of nitrogens with zero attached hydrogens (tertiary/aromatic N) is 4. The normalized spacial score (nSPS) is 14.0. The second-order valence-corrected chi connectivity index (χ2v) is 22.8. The fourth-order valence-corrected chi connectivity index (χ4v) is 9.64. The molecule has 5 nitrogen and oxygen atoms in total. The smallest absolute Gasteiger partial charge is 0.137 e. The number of pyridine rings is 1. The lowest BCUT2D eigenvalue weighted by molar-refractivity contribution is 0.483. The number of ether oxygens (including phenoxy) is 1. The van der Waals surface area contributed by atoms with Gasteiger partial charge in [-0.1, -0.05) is 169 Å². The first-order valence-electron chi connectivity index (χ1n) is 24.0. The summed E-state index contributed by atoms with van der Waals surface area (Å²) in [6, 6.07) is 55.4. The Morgan fingerprint density at radius 3 is 1.63 bits per heavy atom. The molecule has 0 unspecified atom stereocenters. The van der Waals surface area contributed by atoms with Gasteiger partial charge >= 0.3 is 0 Å². The van der Waals surface area contributed by atoms with Gasteiger partial charge in [-0.2, -0.15) is 0 Å². The Kier molecular flexibility index (Phi) is 11.3. The number of anilines is 2. The van der Waals surface area contributed by atoms with Crippen molar-refractivity contribution in [2.24, 2.45) is 5.41 Å². The van der Waals surface area contributed by atoms with Crippen molar-refractivity contribution >= 4 is 33.2 Å². The number of hydrogen-bond donors (Lipinski definition) is 0. The maximum Gasteiger partial charge on any atom is 0.137 e. The molecule has 8 aromatic rings. The summed E-state index contributed by atoms with van der Waals surface area (Å²) in [4.78, 5) is 9.84. The molecule has 0 saturated heterocycles.